The lowest BCUT2D eigenvalue weighted by molar-refractivity contribution is 0.0996. The second-order valence-electron chi connectivity index (χ2n) is 6.10. The van der Waals surface area contributed by atoms with Crippen LogP contribution < -0.4 is 11.5 Å². The highest BCUT2D eigenvalue weighted by Gasteiger charge is 2.21. The Labute approximate surface area is 153 Å². The molecule has 4 aromatic rings. The van der Waals surface area contributed by atoms with E-state index in [0.29, 0.717) is 11.5 Å². The Balaban J connectivity index is 2.07. The van der Waals surface area contributed by atoms with Crippen molar-refractivity contribution in [1.82, 2.24) is 20.2 Å². The van der Waals surface area contributed by atoms with E-state index in [1.807, 2.05) is 37.4 Å². The molecule has 26 heavy (non-hydrogen) atoms. The molecule has 7 nitrogen and oxygen atoms in total. The average Bonchev–Trinajstić information content (AvgIpc) is 3.24. The lowest BCUT2D eigenvalue weighted by Crippen LogP contribution is -2.17. The van der Waals surface area contributed by atoms with Crippen LogP contribution >= 0.6 is 11.3 Å². The van der Waals surface area contributed by atoms with Gasteiger partial charge in [-0.25, -0.2) is 9.97 Å². The number of rotatable bonds is 3. The van der Waals surface area contributed by atoms with Crippen LogP contribution in [0.15, 0.2) is 29.8 Å². The maximum Gasteiger partial charge on any atom is 0.269 e. The van der Waals surface area contributed by atoms with Gasteiger partial charge in [-0.3, -0.25) is 9.89 Å². The largest absolute Gasteiger partial charge is 0.395 e. The van der Waals surface area contributed by atoms with Gasteiger partial charge in [-0.2, -0.15) is 5.10 Å². The van der Waals surface area contributed by atoms with Crippen molar-refractivity contribution < 1.29 is 4.79 Å². The number of carbonyl (C=O) groups is 1. The van der Waals surface area contributed by atoms with E-state index in [2.05, 4.69) is 20.2 Å². The van der Waals surface area contributed by atoms with E-state index in [4.69, 9.17) is 11.5 Å². The zero-order valence-corrected chi connectivity index (χ0v) is 15.0. The van der Waals surface area contributed by atoms with Crippen LogP contribution in [0.5, 0.6) is 0 Å². The first kappa shape index (κ1) is 16.2. The number of nitrogens with one attached hydrogen (secondary N) is 1. The summed E-state index contributed by atoms with van der Waals surface area (Å²) in [5.74, 6) is -0.251. The van der Waals surface area contributed by atoms with Crippen molar-refractivity contribution in [2.45, 2.75) is 13.8 Å². The van der Waals surface area contributed by atoms with Gasteiger partial charge in [0.25, 0.3) is 5.91 Å². The van der Waals surface area contributed by atoms with Gasteiger partial charge in [0.2, 0.25) is 0 Å². The van der Waals surface area contributed by atoms with Crippen molar-refractivity contribution in [3.63, 3.8) is 0 Å². The fourth-order valence-corrected chi connectivity index (χ4v) is 3.78. The van der Waals surface area contributed by atoms with Crippen LogP contribution in [0.1, 0.15) is 21.6 Å². The predicted molar refractivity (Wildman–Crippen MR) is 103 cm³/mol. The lowest BCUT2D eigenvalue weighted by Gasteiger charge is -2.13. The molecule has 130 valence electrons. The van der Waals surface area contributed by atoms with E-state index in [1.54, 1.807) is 6.20 Å². The van der Waals surface area contributed by atoms with Crippen LogP contribution in [-0.4, -0.2) is 26.1 Å². The van der Waals surface area contributed by atoms with Crippen LogP contribution in [0, 0.1) is 13.8 Å². The monoisotopic (exact) mass is 364 g/mol. The molecule has 0 spiro atoms. The zero-order chi connectivity index (χ0) is 18.4. The highest BCUT2D eigenvalue weighted by molar-refractivity contribution is 7.13. The van der Waals surface area contributed by atoms with Gasteiger partial charge >= 0.3 is 0 Å². The number of fused-ring (bicyclic) bond motifs is 1. The minimum atomic E-state index is -0.683. The number of carbonyl (C=O) groups excluding carboxylic acids is 1. The Kier molecular flexibility index (Phi) is 3.69. The molecule has 5 N–H and O–H groups in total. The van der Waals surface area contributed by atoms with Gasteiger partial charge in [0.05, 0.1) is 28.0 Å². The Morgan fingerprint density at radius 2 is 2.04 bits per heavy atom. The summed E-state index contributed by atoms with van der Waals surface area (Å²) in [4.78, 5) is 21.8. The average molecular weight is 364 g/mol. The molecule has 0 radical (unpaired) electrons. The number of primary amides is 1. The minimum Gasteiger partial charge on any atom is -0.395 e. The lowest BCUT2D eigenvalue weighted by atomic mass is 9.99. The maximum absolute atomic E-state index is 11.9. The third-order valence-corrected chi connectivity index (χ3v) is 5.24. The molecule has 0 bridgehead atoms. The fourth-order valence-electron chi connectivity index (χ4n) is 2.95. The SMILES string of the molecule is Cc1csc(-c2nc(C(N)=O)c(N)c(-c3c(C)ccc4[nH]ncc34)n2)c1. The number of hydrogen-bond donors (Lipinski definition) is 3. The third kappa shape index (κ3) is 2.51. The number of aromatic nitrogens is 4. The molecular weight excluding hydrogens is 348 g/mol. The number of amides is 1. The summed E-state index contributed by atoms with van der Waals surface area (Å²) in [5.41, 5.74) is 16.2. The van der Waals surface area contributed by atoms with Crippen LogP contribution in [0.4, 0.5) is 5.69 Å². The summed E-state index contributed by atoms with van der Waals surface area (Å²) < 4.78 is 0. The second-order valence-corrected chi connectivity index (χ2v) is 7.01. The van der Waals surface area contributed by atoms with Crippen molar-refractivity contribution in [3.05, 3.63) is 46.6 Å². The highest BCUT2D eigenvalue weighted by Crippen LogP contribution is 2.36. The predicted octanol–water partition coefficient (Wildman–Crippen LogP) is 3.05. The van der Waals surface area contributed by atoms with E-state index >= 15 is 0 Å². The first-order valence-electron chi connectivity index (χ1n) is 7.91. The second kappa shape index (κ2) is 5.92. The molecule has 4 rings (SSSR count). The number of anilines is 1. The number of aromatic amines is 1. The zero-order valence-electron chi connectivity index (χ0n) is 14.2. The Bertz CT molecular complexity index is 1160. The molecule has 8 heteroatoms. The molecule has 0 aliphatic carbocycles. The molecule has 3 aromatic heterocycles. The van der Waals surface area contributed by atoms with Gasteiger partial charge in [-0.15, -0.1) is 11.3 Å². The number of nitrogens with two attached hydrogens (primary N) is 2. The van der Waals surface area contributed by atoms with Crippen molar-refractivity contribution in [2.24, 2.45) is 5.73 Å². The van der Waals surface area contributed by atoms with Gasteiger partial charge < -0.3 is 11.5 Å². The fraction of sp³-hybridized carbons (Fsp3) is 0.111. The molecule has 1 amide bonds. The van der Waals surface area contributed by atoms with E-state index in [9.17, 15) is 4.79 Å². The summed E-state index contributed by atoms with van der Waals surface area (Å²) in [7, 11) is 0. The number of nitrogen functional groups attached to an aromatic ring is 1. The number of nitrogens with zero attached hydrogens (tertiary/aromatic N) is 3. The normalized spacial score (nSPS) is 11.2. The smallest absolute Gasteiger partial charge is 0.269 e. The Hall–Kier alpha value is -3.26. The minimum absolute atomic E-state index is 0.0240. The van der Waals surface area contributed by atoms with Gasteiger partial charge in [0, 0.05) is 10.9 Å². The standard InChI is InChI=1S/C18H16N6OS/c1-8-5-12(26-7-8)18-22-15(14(19)16(23-18)17(20)25)13-9(2)3-4-11-10(13)6-21-24-11/h3-7H,19H2,1-2H3,(H2,20,25)(H,21,24). The Morgan fingerprint density at radius 3 is 2.73 bits per heavy atom. The summed E-state index contributed by atoms with van der Waals surface area (Å²) in [6.07, 6.45) is 1.72. The molecule has 0 unspecified atom stereocenters. The number of thiophene rings is 1. The summed E-state index contributed by atoms with van der Waals surface area (Å²) in [6.45, 7) is 3.95. The van der Waals surface area contributed by atoms with Crippen LogP contribution in [0.2, 0.25) is 0 Å². The maximum atomic E-state index is 11.9. The molecule has 0 fully saturated rings. The van der Waals surface area contributed by atoms with Crippen molar-refractivity contribution in [1.29, 1.82) is 0 Å². The molecule has 0 saturated carbocycles. The Morgan fingerprint density at radius 1 is 1.23 bits per heavy atom. The van der Waals surface area contributed by atoms with Crippen LogP contribution in [0.25, 0.3) is 32.9 Å². The number of aryl methyl sites for hydroxylation is 2. The number of H-pyrrole nitrogens is 1. The van der Waals surface area contributed by atoms with Crippen molar-refractivity contribution >= 4 is 33.8 Å². The molecule has 0 atom stereocenters. The topological polar surface area (TPSA) is 124 Å². The van der Waals surface area contributed by atoms with Crippen molar-refractivity contribution in [3.8, 4) is 22.0 Å². The number of benzene rings is 1. The molecule has 0 saturated heterocycles. The van der Waals surface area contributed by atoms with E-state index in [1.165, 1.54) is 11.3 Å². The van der Waals surface area contributed by atoms with Gasteiger partial charge in [0.1, 0.15) is 0 Å². The van der Waals surface area contributed by atoms with Crippen molar-refractivity contribution in [2.75, 3.05) is 5.73 Å². The highest BCUT2D eigenvalue weighted by atomic mass is 32.1. The molecule has 0 aliphatic heterocycles. The summed E-state index contributed by atoms with van der Waals surface area (Å²) in [5, 5.41) is 9.92. The van der Waals surface area contributed by atoms with E-state index in [-0.39, 0.29) is 11.4 Å². The van der Waals surface area contributed by atoms with Gasteiger partial charge in [0.15, 0.2) is 11.5 Å². The van der Waals surface area contributed by atoms with E-state index < -0.39 is 5.91 Å². The first-order valence-corrected chi connectivity index (χ1v) is 8.79. The molecular formula is C18H16N6OS. The van der Waals surface area contributed by atoms with Crippen LogP contribution in [-0.2, 0) is 0 Å². The summed E-state index contributed by atoms with van der Waals surface area (Å²) >= 11 is 1.51. The summed E-state index contributed by atoms with van der Waals surface area (Å²) in [6, 6.07) is 5.86. The third-order valence-electron chi connectivity index (χ3n) is 4.20. The molecule has 3 heterocycles. The van der Waals surface area contributed by atoms with E-state index in [0.717, 1.165) is 32.5 Å². The van der Waals surface area contributed by atoms with Gasteiger partial charge in [-0.05, 0) is 42.5 Å². The first-order chi connectivity index (χ1) is 12.5. The van der Waals surface area contributed by atoms with Crippen LogP contribution in [0.3, 0.4) is 0 Å². The molecule has 1 aromatic carbocycles. The quantitative estimate of drug-likeness (QED) is 0.515. The molecule has 0 aliphatic rings. The number of hydrogen-bond acceptors (Lipinski definition) is 6. The van der Waals surface area contributed by atoms with Gasteiger partial charge in [-0.1, -0.05) is 6.07 Å².